The standard InChI is InChI=1S/C9H17NO5/c1-8(2,15-4)6(11)10-5-9(3,14)7(12)13/h14H,5H2,1-4H3,(H,10,11)(H,12,13). The molecule has 0 bridgehead atoms. The first-order valence-corrected chi connectivity index (χ1v) is 4.42. The van der Waals surface area contributed by atoms with E-state index in [2.05, 4.69) is 5.32 Å². The van der Waals surface area contributed by atoms with Gasteiger partial charge in [-0.1, -0.05) is 0 Å². The molecule has 3 N–H and O–H groups in total. The summed E-state index contributed by atoms with van der Waals surface area (Å²) in [4.78, 5) is 21.9. The molecular formula is C9H17NO5. The van der Waals surface area contributed by atoms with Gasteiger partial charge < -0.3 is 20.3 Å². The molecule has 6 nitrogen and oxygen atoms in total. The van der Waals surface area contributed by atoms with Crippen LogP contribution in [0.5, 0.6) is 0 Å². The van der Waals surface area contributed by atoms with Gasteiger partial charge in [0.1, 0.15) is 5.60 Å². The van der Waals surface area contributed by atoms with Gasteiger partial charge in [0.15, 0.2) is 5.60 Å². The molecule has 1 amide bonds. The Morgan fingerprint density at radius 3 is 2.13 bits per heavy atom. The number of hydrogen-bond acceptors (Lipinski definition) is 4. The Labute approximate surface area is 88.2 Å². The van der Waals surface area contributed by atoms with E-state index in [4.69, 9.17) is 9.84 Å². The third-order valence-corrected chi connectivity index (χ3v) is 2.11. The fraction of sp³-hybridized carbons (Fsp3) is 0.778. The van der Waals surface area contributed by atoms with Crippen molar-refractivity contribution in [2.45, 2.75) is 32.0 Å². The molecule has 0 aliphatic heterocycles. The highest BCUT2D eigenvalue weighted by Gasteiger charge is 2.33. The topological polar surface area (TPSA) is 95.9 Å². The van der Waals surface area contributed by atoms with Gasteiger partial charge in [-0.25, -0.2) is 4.79 Å². The second kappa shape index (κ2) is 4.59. The van der Waals surface area contributed by atoms with Crippen molar-refractivity contribution in [3.05, 3.63) is 0 Å². The van der Waals surface area contributed by atoms with E-state index in [0.29, 0.717) is 0 Å². The first kappa shape index (κ1) is 13.9. The number of methoxy groups -OCH3 is 1. The van der Waals surface area contributed by atoms with Crippen LogP contribution in [0.25, 0.3) is 0 Å². The monoisotopic (exact) mass is 219 g/mol. The lowest BCUT2D eigenvalue weighted by Crippen LogP contribution is -2.51. The quantitative estimate of drug-likeness (QED) is 0.571. The van der Waals surface area contributed by atoms with Crippen molar-refractivity contribution in [1.82, 2.24) is 5.32 Å². The first-order chi connectivity index (χ1) is 6.63. The van der Waals surface area contributed by atoms with E-state index in [1.807, 2.05) is 0 Å². The number of aliphatic hydroxyl groups is 1. The smallest absolute Gasteiger partial charge is 0.337 e. The number of aliphatic carboxylic acids is 1. The highest BCUT2D eigenvalue weighted by Crippen LogP contribution is 2.08. The maximum atomic E-state index is 11.4. The molecule has 0 aromatic rings. The van der Waals surface area contributed by atoms with E-state index in [-0.39, 0.29) is 6.54 Å². The van der Waals surface area contributed by atoms with Gasteiger partial charge in [-0.15, -0.1) is 0 Å². The van der Waals surface area contributed by atoms with Crippen LogP contribution in [0.2, 0.25) is 0 Å². The van der Waals surface area contributed by atoms with Gasteiger partial charge in [0.05, 0.1) is 6.54 Å². The fourth-order valence-electron chi connectivity index (χ4n) is 0.634. The number of carboxylic acid groups (broad SMARTS) is 1. The highest BCUT2D eigenvalue weighted by atomic mass is 16.5. The van der Waals surface area contributed by atoms with E-state index in [9.17, 15) is 14.7 Å². The first-order valence-electron chi connectivity index (χ1n) is 4.42. The van der Waals surface area contributed by atoms with Crippen LogP contribution in [-0.2, 0) is 14.3 Å². The number of ether oxygens (including phenoxy) is 1. The largest absolute Gasteiger partial charge is 0.479 e. The van der Waals surface area contributed by atoms with Crippen molar-refractivity contribution in [1.29, 1.82) is 0 Å². The molecule has 0 spiro atoms. The molecule has 1 unspecified atom stereocenters. The number of hydrogen-bond donors (Lipinski definition) is 3. The summed E-state index contributed by atoms with van der Waals surface area (Å²) in [6.07, 6.45) is 0. The van der Waals surface area contributed by atoms with Gasteiger partial charge in [0, 0.05) is 7.11 Å². The summed E-state index contributed by atoms with van der Waals surface area (Å²) >= 11 is 0. The molecule has 88 valence electrons. The Morgan fingerprint density at radius 2 is 1.80 bits per heavy atom. The van der Waals surface area contributed by atoms with Gasteiger partial charge in [-0.3, -0.25) is 4.79 Å². The minimum atomic E-state index is -1.97. The molecule has 0 rings (SSSR count). The minimum Gasteiger partial charge on any atom is -0.479 e. The Kier molecular flexibility index (Phi) is 4.24. The predicted molar refractivity (Wildman–Crippen MR) is 52.4 cm³/mol. The van der Waals surface area contributed by atoms with E-state index in [1.165, 1.54) is 21.0 Å². The lowest BCUT2D eigenvalue weighted by Gasteiger charge is -2.24. The third-order valence-electron chi connectivity index (χ3n) is 2.11. The molecule has 0 aromatic heterocycles. The van der Waals surface area contributed by atoms with E-state index in [0.717, 1.165) is 6.92 Å². The highest BCUT2D eigenvalue weighted by molar-refractivity contribution is 5.85. The van der Waals surface area contributed by atoms with E-state index >= 15 is 0 Å². The summed E-state index contributed by atoms with van der Waals surface area (Å²) in [6.45, 7) is 3.82. The molecule has 6 heteroatoms. The van der Waals surface area contributed by atoms with Crippen molar-refractivity contribution >= 4 is 11.9 Å². The summed E-state index contributed by atoms with van der Waals surface area (Å²) in [7, 11) is 1.37. The van der Waals surface area contributed by atoms with Gasteiger partial charge >= 0.3 is 5.97 Å². The molecule has 0 heterocycles. The molecule has 0 saturated carbocycles. The summed E-state index contributed by atoms with van der Waals surface area (Å²) in [5, 5.41) is 20.2. The van der Waals surface area contributed by atoms with Crippen LogP contribution in [0.4, 0.5) is 0 Å². The van der Waals surface area contributed by atoms with Crippen LogP contribution in [0.1, 0.15) is 20.8 Å². The number of amides is 1. The van der Waals surface area contributed by atoms with Crippen molar-refractivity contribution < 1.29 is 24.5 Å². The van der Waals surface area contributed by atoms with Crippen LogP contribution >= 0.6 is 0 Å². The summed E-state index contributed by atoms with van der Waals surface area (Å²) < 4.78 is 4.88. The number of nitrogens with one attached hydrogen (secondary N) is 1. The number of carboxylic acids is 1. The zero-order valence-corrected chi connectivity index (χ0v) is 9.33. The van der Waals surface area contributed by atoms with Crippen LogP contribution in [0, 0.1) is 0 Å². The minimum absolute atomic E-state index is 0.367. The molecule has 0 radical (unpaired) electrons. The molecule has 15 heavy (non-hydrogen) atoms. The average molecular weight is 219 g/mol. The predicted octanol–water partition coefficient (Wildman–Crippen LogP) is -0.637. The van der Waals surface area contributed by atoms with Crippen LogP contribution in [0.15, 0.2) is 0 Å². The molecule has 0 saturated heterocycles. The SMILES string of the molecule is COC(C)(C)C(=O)NCC(C)(O)C(=O)O. The van der Waals surface area contributed by atoms with E-state index < -0.39 is 23.1 Å². The number of carbonyl (C=O) groups is 2. The van der Waals surface area contributed by atoms with E-state index in [1.54, 1.807) is 0 Å². The van der Waals surface area contributed by atoms with Crippen LogP contribution < -0.4 is 5.32 Å². The Hall–Kier alpha value is -1.14. The van der Waals surface area contributed by atoms with Crippen molar-refractivity contribution in [3.8, 4) is 0 Å². The summed E-state index contributed by atoms with van der Waals surface area (Å²) in [5.74, 6) is -1.87. The van der Waals surface area contributed by atoms with Gasteiger partial charge in [0.25, 0.3) is 5.91 Å². The summed E-state index contributed by atoms with van der Waals surface area (Å²) in [5.41, 5.74) is -3.02. The van der Waals surface area contributed by atoms with Gasteiger partial charge in [0.2, 0.25) is 0 Å². The Bertz CT molecular complexity index is 259. The maximum absolute atomic E-state index is 11.4. The normalized spacial score (nSPS) is 15.5. The zero-order chi connectivity index (χ0) is 12.3. The van der Waals surface area contributed by atoms with Crippen LogP contribution in [-0.4, -0.2) is 46.9 Å². The second-order valence-corrected chi connectivity index (χ2v) is 3.98. The number of rotatable bonds is 5. The molecule has 0 aromatic carbocycles. The third kappa shape index (κ3) is 3.85. The van der Waals surface area contributed by atoms with Crippen molar-refractivity contribution in [3.63, 3.8) is 0 Å². The maximum Gasteiger partial charge on any atom is 0.337 e. The zero-order valence-electron chi connectivity index (χ0n) is 9.33. The van der Waals surface area contributed by atoms with Crippen LogP contribution in [0.3, 0.4) is 0 Å². The lowest BCUT2D eigenvalue weighted by molar-refractivity contribution is -0.157. The molecule has 0 aliphatic carbocycles. The van der Waals surface area contributed by atoms with Crippen molar-refractivity contribution in [2.24, 2.45) is 0 Å². The molecule has 0 fully saturated rings. The Morgan fingerprint density at radius 1 is 1.33 bits per heavy atom. The fourth-order valence-corrected chi connectivity index (χ4v) is 0.634. The van der Waals surface area contributed by atoms with Gasteiger partial charge in [-0.2, -0.15) is 0 Å². The molecular weight excluding hydrogens is 202 g/mol. The average Bonchev–Trinajstić information content (AvgIpc) is 2.13. The molecule has 1 atom stereocenters. The second-order valence-electron chi connectivity index (χ2n) is 3.98. The van der Waals surface area contributed by atoms with Gasteiger partial charge in [-0.05, 0) is 20.8 Å². The summed E-state index contributed by atoms with van der Waals surface area (Å²) in [6, 6.07) is 0. The molecule has 0 aliphatic rings. The number of carbonyl (C=O) groups excluding carboxylic acids is 1. The lowest BCUT2D eigenvalue weighted by atomic mass is 10.1. The van der Waals surface area contributed by atoms with Crippen molar-refractivity contribution in [2.75, 3.05) is 13.7 Å². The Balaban J connectivity index is 4.30.